The van der Waals surface area contributed by atoms with Gasteiger partial charge in [-0.3, -0.25) is 4.57 Å². The first-order valence-electron chi connectivity index (χ1n) is 10.5. The largest absolute Gasteiger partial charge is 0.480 e. The topological polar surface area (TPSA) is 96.7 Å². The number of ether oxygens (including phenoxy) is 1. The summed E-state index contributed by atoms with van der Waals surface area (Å²) >= 11 is 0. The highest BCUT2D eigenvalue weighted by Crippen LogP contribution is 2.32. The molecule has 8 heteroatoms. The third-order valence-corrected chi connectivity index (χ3v) is 5.92. The van der Waals surface area contributed by atoms with Crippen LogP contribution in [0.15, 0.2) is 60.9 Å². The second-order valence-corrected chi connectivity index (χ2v) is 7.83. The zero-order chi connectivity index (χ0) is 21.7. The van der Waals surface area contributed by atoms with E-state index in [1.807, 2.05) is 30.5 Å². The Bertz CT molecular complexity index is 1470. The smallest absolute Gasteiger partial charge is 0.232 e. The molecular formula is C24H21N7O. The van der Waals surface area contributed by atoms with Crippen molar-refractivity contribution in [2.24, 2.45) is 0 Å². The summed E-state index contributed by atoms with van der Waals surface area (Å²) in [5.41, 5.74) is 12.3. The van der Waals surface area contributed by atoms with Crippen molar-refractivity contribution in [2.45, 2.75) is 19.3 Å². The standard InChI is InChI=1S/C24H21N7O/c1-32-21-11-13-30(29-21)20-10-9-19-24(28-20)31(17-8-7-15-4-2-5-16(15)14-17)23(27-19)18-6-3-12-26-22(18)25/h3,6-14H,2,4-5H2,1H3,(H2,25,26). The van der Waals surface area contributed by atoms with E-state index in [1.165, 1.54) is 17.5 Å². The van der Waals surface area contributed by atoms with Gasteiger partial charge in [0.05, 0.1) is 12.7 Å². The minimum Gasteiger partial charge on any atom is -0.480 e. The highest BCUT2D eigenvalue weighted by atomic mass is 16.5. The Kier molecular flexibility index (Phi) is 4.17. The summed E-state index contributed by atoms with van der Waals surface area (Å²) in [6, 6.07) is 16.0. The van der Waals surface area contributed by atoms with E-state index in [4.69, 9.17) is 20.4 Å². The van der Waals surface area contributed by atoms with Crippen LogP contribution in [0.4, 0.5) is 5.82 Å². The van der Waals surface area contributed by atoms with Gasteiger partial charge in [-0.15, -0.1) is 5.10 Å². The van der Waals surface area contributed by atoms with Crippen LogP contribution in [-0.2, 0) is 12.8 Å². The van der Waals surface area contributed by atoms with E-state index in [0.717, 1.165) is 35.3 Å². The van der Waals surface area contributed by atoms with E-state index in [0.29, 0.717) is 23.3 Å². The molecule has 0 saturated heterocycles. The molecule has 5 aromatic rings. The van der Waals surface area contributed by atoms with Crippen molar-refractivity contribution in [2.75, 3.05) is 12.8 Å². The minimum absolute atomic E-state index is 0.433. The van der Waals surface area contributed by atoms with Crippen LogP contribution in [0.2, 0.25) is 0 Å². The highest BCUT2D eigenvalue weighted by Gasteiger charge is 2.20. The number of rotatable bonds is 4. The predicted octanol–water partition coefficient (Wildman–Crippen LogP) is 3.75. The third-order valence-electron chi connectivity index (χ3n) is 5.92. The lowest BCUT2D eigenvalue weighted by molar-refractivity contribution is 0.394. The molecule has 4 heterocycles. The Balaban J connectivity index is 1.61. The molecule has 1 aliphatic rings. The number of benzene rings is 1. The van der Waals surface area contributed by atoms with E-state index < -0.39 is 0 Å². The maximum Gasteiger partial charge on any atom is 0.232 e. The van der Waals surface area contributed by atoms with E-state index >= 15 is 0 Å². The molecule has 32 heavy (non-hydrogen) atoms. The van der Waals surface area contributed by atoms with Crippen LogP contribution < -0.4 is 10.5 Å². The molecule has 0 fully saturated rings. The molecule has 158 valence electrons. The molecule has 1 aliphatic carbocycles. The van der Waals surface area contributed by atoms with Gasteiger partial charge in [-0.25, -0.2) is 19.6 Å². The van der Waals surface area contributed by atoms with Gasteiger partial charge in [0, 0.05) is 24.1 Å². The Morgan fingerprint density at radius 3 is 2.75 bits per heavy atom. The van der Waals surface area contributed by atoms with Crippen LogP contribution in [0.3, 0.4) is 0 Å². The van der Waals surface area contributed by atoms with Gasteiger partial charge in [-0.2, -0.15) is 0 Å². The van der Waals surface area contributed by atoms with Crippen LogP contribution in [-0.4, -0.2) is 36.4 Å². The molecule has 2 N–H and O–H groups in total. The first kappa shape index (κ1) is 18.6. The van der Waals surface area contributed by atoms with Crippen molar-refractivity contribution >= 4 is 17.0 Å². The number of nitrogen functional groups attached to an aromatic ring is 1. The van der Waals surface area contributed by atoms with E-state index in [2.05, 4.69) is 32.8 Å². The Morgan fingerprint density at radius 1 is 1.00 bits per heavy atom. The Labute approximate surface area is 184 Å². The van der Waals surface area contributed by atoms with Crippen LogP contribution in [0.5, 0.6) is 5.88 Å². The van der Waals surface area contributed by atoms with Crippen molar-refractivity contribution in [3.8, 4) is 28.8 Å². The number of pyridine rings is 2. The molecule has 0 bridgehead atoms. The van der Waals surface area contributed by atoms with Gasteiger partial charge in [0.15, 0.2) is 17.3 Å². The van der Waals surface area contributed by atoms with E-state index in [-0.39, 0.29) is 0 Å². The Hall–Kier alpha value is -4.20. The van der Waals surface area contributed by atoms with Gasteiger partial charge >= 0.3 is 0 Å². The molecular weight excluding hydrogens is 402 g/mol. The fraction of sp³-hybridized carbons (Fsp3) is 0.167. The number of methoxy groups -OCH3 is 1. The summed E-state index contributed by atoms with van der Waals surface area (Å²) in [5.74, 6) is 2.35. The molecule has 0 aliphatic heterocycles. The Morgan fingerprint density at radius 2 is 1.91 bits per heavy atom. The first-order chi connectivity index (χ1) is 15.7. The average molecular weight is 423 g/mol. The molecule has 8 nitrogen and oxygen atoms in total. The van der Waals surface area contributed by atoms with Gasteiger partial charge in [-0.1, -0.05) is 6.07 Å². The molecule has 0 saturated carbocycles. The summed E-state index contributed by atoms with van der Waals surface area (Å²) in [5, 5.41) is 4.41. The molecule has 1 aromatic carbocycles. The zero-order valence-electron chi connectivity index (χ0n) is 17.6. The third kappa shape index (κ3) is 2.91. The average Bonchev–Trinajstić information content (AvgIpc) is 3.56. The van der Waals surface area contributed by atoms with Crippen molar-refractivity contribution in [3.63, 3.8) is 0 Å². The second kappa shape index (κ2) is 7.19. The van der Waals surface area contributed by atoms with Gasteiger partial charge in [0.25, 0.3) is 0 Å². The molecule has 0 spiro atoms. The lowest BCUT2D eigenvalue weighted by Gasteiger charge is -2.12. The van der Waals surface area contributed by atoms with Crippen molar-refractivity contribution in [3.05, 3.63) is 72.1 Å². The summed E-state index contributed by atoms with van der Waals surface area (Å²) in [6.07, 6.45) is 6.92. The first-order valence-corrected chi connectivity index (χ1v) is 10.5. The predicted molar refractivity (Wildman–Crippen MR) is 122 cm³/mol. The number of anilines is 1. The summed E-state index contributed by atoms with van der Waals surface area (Å²) < 4.78 is 8.97. The van der Waals surface area contributed by atoms with Crippen LogP contribution in [0, 0.1) is 0 Å². The number of nitrogens with zero attached hydrogens (tertiary/aromatic N) is 6. The molecule has 0 atom stereocenters. The number of imidazole rings is 1. The van der Waals surface area contributed by atoms with Crippen molar-refractivity contribution in [1.82, 2.24) is 29.3 Å². The SMILES string of the molecule is COc1ccn(-c2ccc3nc(-c4cccnc4N)n(-c4ccc5c(c4)CCC5)c3n2)n1. The monoisotopic (exact) mass is 423 g/mol. The maximum absolute atomic E-state index is 6.24. The minimum atomic E-state index is 0.433. The van der Waals surface area contributed by atoms with Crippen molar-refractivity contribution < 1.29 is 4.74 Å². The number of nitrogens with two attached hydrogens (primary N) is 1. The summed E-state index contributed by atoms with van der Waals surface area (Å²) in [4.78, 5) is 14.1. The van der Waals surface area contributed by atoms with Crippen LogP contribution >= 0.6 is 0 Å². The lowest BCUT2D eigenvalue weighted by Crippen LogP contribution is -2.04. The van der Waals surface area contributed by atoms with Gasteiger partial charge in [-0.05, 0) is 66.8 Å². The molecule has 0 radical (unpaired) electrons. The fourth-order valence-electron chi connectivity index (χ4n) is 4.35. The van der Waals surface area contributed by atoms with Gasteiger partial charge < -0.3 is 10.5 Å². The zero-order valence-corrected chi connectivity index (χ0v) is 17.6. The van der Waals surface area contributed by atoms with Gasteiger partial charge in [0.2, 0.25) is 5.88 Å². The fourth-order valence-corrected chi connectivity index (χ4v) is 4.35. The van der Waals surface area contributed by atoms with E-state index in [9.17, 15) is 0 Å². The second-order valence-electron chi connectivity index (χ2n) is 7.83. The number of aromatic nitrogens is 6. The molecule has 6 rings (SSSR count). The van der Waals surface area contributed by atoms with Gasteiger partial charge in [0.1, 0.15) is 11.3 Å². The number of hydrogen-bond acceptors (Lipinski definition) is 6. The van der Waals surface area contributed by atoms with E-state index in [1.54, 1.807) is 24.1 Å². The van der Waals surface area contributed by atoms with Crippen molar-refractivity contribution in [1.29, 1.82) is 0 Å². The molecule has 0 amide bonds. The van der Waals surface area contributed by atoms with Crippen LogP contribution in [0.1, 0.15) is 17.5 Å². The quantitative estimate of drug-likeness (QED) is 0.473. The lowest BCUT2D eigenvalue weighted by atomic mass is 10.1. The normalized spacial score (nSPS) is 12.9. The number of hydrogen-bond donors (Lipinski definition) is 1. The van der Waals surface area contributed by atoms with Crippen LogP contribution in [0.25, 0.3) is 34.1 Å². The number of fused-ring (bicyclic) bond motifs is 2. The summed E-state index contributed by atoms with van der Waals surface area (Å²) in [6.45, 7) is 0. The highest BCUT2D eigenvalue weighted by molar-refractivity contribution is 5.83. The molecule has 4 aromatic heterocycles. The molecule has 0 unspecified atom stereocenters. The number of aryl methyl sites for hydroxylation is 2. The summed E-state index contributed by atoms with van der Waals surface area (Å²) in [7, 11) is 1.59. The maximum atomic E-state index is 6.24.